The number of aryl methyl sites for hydroxylation is 2. The van der Waals surface area contributed by atoms with E-state index in [2.05, 4.69) is 10.2 Å². The van der Waals surface area contributed by atoms with Gasteiger partial charge in [0.2, 0.25) is 0 Å². The van der Waals surface area contributed by atoms with Crippen molar-refractivity contribution in [3.63, 3.8) is 0 Å². The molecule has 2 aromatic heterocycles. The van der Waals surface area contributed by atoms with Gasteiger partial charge in [-0.3, -0.25) is 14.7 Å². The Hall–Kier alpha value is -3.35. The van der Waals surface area contributed by atoms with Crippen LogP contribution in [0, 0.1) is 13.8 Å². The van der Waals surface area contributed by atoms with Gasteiger partial charge < -0.3 is 14.2 Å². The third kappa shape index (κ3) is 3.55. The number of carbonyl (C=O) groups excluding carboxylic acids is 2. The number of H-pyrrole nitrogens is 1. The second-order valence-corrected chi connectivity index (χ2v) is 7.10. The van der Waals surface area contributed by atoms with Gasteiger partial charge in [-0.1, -0.05) is 17.2 Å². The summed E-state index contributed by atoms with van der Waals surface area (Å²) in [7, 11) is 0. The average molecular weight is 378 g/mol. The van der Waals surface area contributed by atoms with E-state index in [0.29, 0.717) is 48.9 Å². The van der Waals surface area contributed by atoms with Gasteiger partial charge in [0.15, 0.2) is 11.5 Å². The van der Waals surface area contributed by atoms with Crippen LogP contribution in [-0.2, 0) is 0 Å². The molecule has 3 aromatic rings. The first-order valence-corrected chi connectivity index (χ1v) is 9.27. The van der Waals surface area contributed by atoms with Crippen LogP contribution in [0.15, 0.2) is 47.1 Å². The van der Waals surface area contributed by atoms with Crippen molar-refractivity contribution in [3.05, 3.63) is 65.0 Å². The van der Waals surface area contributed by atoms with E-state index >= 15 is 0 Å². The predicted molar refractivity (Wildman–Crippen MR) is 104 cm³/mol. The van der Waals surface area contributed by atoms with Crippen molar-refractivity contribution in [1.29, 1.82) is 0 Å². The number of carbonyl (C=O) groups is 2. The largest absolute Gasteiger partial charge is 0.463 e. The fourth-order valence-corrected chi connectivity index (χ4v) is 3.54. The van der Waals surface area contributed by atoms with Crippen LogP contribution >= 0.6 is 0 Å². The number of hydrogen-bond donors (Lipinski definition) is 1. The van der Waals surface area contributed by atoms with Crippen LogP contribution in [0.25, 0.3) is 11.5 Å². The molecule has 2 amide bonds. The molecular weight excluding hydrogens is 356 g/mol. The van der Waals surface area contributed by atoms with Crippen molar-refractivity contribution in [2.45, 2.75) is 13.8 Å². The lowest BCUT2D eigenvalue weighted by molar-refractivity contribution is 0.0532. The number of nitrogens with one attached hydrogen (secondary N) is 1. The molecule has 7 heteroatoms. The van der Waals surface area contributed by atoms with E-state index in [1.165, 1.54) is 0 Å². The number of benzene rings is 1. The van der Waals surface area contributed by atoms with E-state index in [1.807, 2.05) is 32.0 Å². The molecule has 0 unspecified atom stereocenters. The number of rotatable bonds is 3. The van der Waals surface area contributed by atoms with Gasteiger partial charge in [-0.2, -0.15) is 5.10 Å². The van der Waals surface area contributed by atoms with Crippen LogP contribution in [0.5, 0.6) is 0 Å². The van der Waals surface area contributed by atoms with E-state index < -0.39 is 0 Å². The molecule has 0 saturated carbocycles. The zero-order valence-electron chi connectivity index (χ0n) is 15.9. The molecule has 0 aliphatic carbocycles. The van der Waals surface area contributed by atoms with Gasteiger partial charge in [-0.25, -0.2) is 0 Å². The Morgan fingerprint density at radius 2 is 1.61 bits per heavy atom. The van der Waals surface area contributed by atoms with E-state index in [9.17, 15) is 9.59 Å². The minimum absolute atomic E-state index is 0.0128. The van der Waals surface area contributed by atoms with Gasteiger partial charge in [0.25, 0.3) is 11.8 Å². The lowest BCUT2D eigenvalue weighted by Gasteiger charge is -2.34. The van der Waals surface area contributed by atoms with Gasteiger partial charge >= 0.3 is 0 Å². The minimum Gasteiger partial charge on any atom is -0.463 e. The average Bonchev–Trinajstić information content (AvgIpc) is 3.38. The molecule has 28 heavy (non-hydrogen) atoms. The summed E-state index contributed by atoms with van der Waals surface area (Å²) in [4.78, 5) is 29.0. The Morgan fingerprint density at radius 3 is 2.21 bits per heavy atom. The lowest BCUT2D eigenvalue weighted by Crippen LogP contribution is -2.50. The Balaban J connectivity index is 1.40. The molecule has 0 bridgehead atoms. The van der Waals surface area contributed by atoms with Crippen LogP contribution in [-0.4, -0.2) is 58.0 Å². The first-order chi connectivity index (χ1) is 13.5. The molecule has 7 nitrogen and oxygen atoms in total. The molecule has 0 atom stereocenters. The molecule has 1 aliphatic rings. The van der Waals surface area contributed by atoms with Gasteiger partial charge in [0.05, 0.1) is 6.26 Å². The number of piperazine rings is 1. The topological polar surface area (TPSA) is 82.4 Å². The number of nitrogens with zero attached hydrogens (tertiary/aromatic N) is 3. The lowest BCUT2D eigenvalue weighted by atomic mass is 10.1. The first-order valence-electron chi connectivity index (χ1n) is 9.27. The van der Waals surface area contributed by atoms with E-state index in [0.717, 1.165) is 11.1 Å². The normalized spacial score (nSPS) is 14.4. The molecule has 1 saturated heterocycles. The summed E-state index contributed by atoms with van der Waals surface area (Å²) in [5.74, 6) is 0.502. The Labute approximate surface area is 162 Å². The molecule has 3 heterocycles. The smallest absolute Gasteiger partial charge is 0.274 e. The minimum atomic E-state index is -0.146. The molecular formula is C21H22N4O3. The Bertz CT molecular complexity index is 978. The van der Waals surface area contributed by atoms with Crippen LogP contribution in [0.2, 0.25) is 0 Å². The van der Waals surface area contributed by atoms with E-state index in [-0.39, 0.29) is 11.8 Å². The molecule has 1 aliphatic heterocycles. The van der Waals surface area contributed by atoms with Gasteiger partial charge in [0, 0.05) is 37.8 Å². The number of hydrogen-bond acceptors (Lipinski definition) is 4. The van der Waals surface area contributed by atoms with Crippen molar-refractivity contribution < 1.29 is 14.0 Å². The molecule has 1 N–H and O–H groups in total. The summed E-state index contributed by atoms with van der Waals surface area (Å²) in [5, 5.41) is 6.94. The number of amides is 2. The summed E-state index contributed by atoms with van der Waals surface area (Å²) in [6.45, 7) is 5.96. The molecule has 0 spiro atoms. The van der Waals surface area contributed by atoms with Crippen molar-refractivity contribution in [1.82, 2.24) is 20.0 Å². The van der Waals surface area contributed by atoms with Crippen molar-refractivity contribution in [2.24, 2.45) is 0 Å². The Kier molecular flexibility index (Phi) is 4.73. The van der Waals surface area contributed by atoms with Crippen LogP contribution in [0.1, 0.15) is 32.0 Å². The van der Waals surface area contributed by atoms with Crippen LogP contribution < -0.4 is 0 Å². The van der Waals surface area contributed by atoms with Crippen molar-refractivity contribution in [2.75, 3.05) is 26.2 Å². The quantitative estimate of drug-likeness (QED) is 0.760. The van der Waals surface area contributed by atoms with Crippen LogP contribution in [0.3, 0.4) is 0 Å². The first kappa shape index (κ1) is 18.0. The van der Waals surface area contributed by atoms with Gasteiger partial charge in [0.1, 0.15) is 5.69 Å². The third-order valence-electron chi connectivity index (χ3n) is 4.91. The zero-order chi connectivity index (χ0) is 19.7. The zero-order valence-corrected chi connectivity index (χ0v) is 15.9. The standard InChI is InChI=1S/C21H22N4O3/c1-14-10-15(2)12-16(11-14)20(26)24-5-7-25(8-6-24)21(27)18-13-17(22-23-18)19-4-3-9-28-19/h3-4,9-13H,5-8H2,1-2H3,(H,22,23). The number of aromatic amines is 1. The molecule has 0 radical (unpaired) electrons. The highest BCUT2D eigenvalue weighted by Gasteiger charge is 2.27. The van der Waals surface area contributed by atoms with Gasteiger partial charge in [-0.15, -0.1) is 0 Å². The summed E-state index contributed by atoms with van der Waals surface area (Å²) < 4.78 is 5.32. The summed E-state index contributed by atoms with van der Waals surface area (Å²) >= 11 is 0. The predicted octanol–water partition coefficient (Wildman–Crippen LogP) is 2.88. The molecule has 1 aromatic carbocycles. The maximum absolute atomic E-state index is 12.8. The van der Waals surface area contributed by atoms with E-state index in [4.69, 9.17) is 4.42 Å². The molecule has 144 valence electrons. The highest BCUT2D eigenvalue weighted by Crippen LogP contribution is 2.19. The van der Waals surface area contributed by atoms with Crippen molar-refractivity contribution in [3.8, 4) is 11.5 Å². The summed E-state index contributed by atoms with van der Waals surface area (Å²) in [6, 6.07) is 11.1. The number of aromatic nitrogens is 2. The highest BCUT2D eigenvalue weighted by molar-refractivity contribution is 5.95. The molecule has 4 rings (SSSR count). The monoisotopic (exact) mass is 378 g/mol. The van der Waals surface area contributed by atoms with E-state index in [1.54, 1.807) is 34.3 Å². The summed E-state index contributed by atoms with van der Waals surface area (Å²) in [6.07, 6.45) is 1.57. The maximum Gasteiger partial charge on any atom is 0.274 e. The Morgan fingerprint density at radius 1 is 0.964 bits per heavy atom. The van der Waals surface area contributed by atoms with Crippen LogP contribution in [0.4, 0.5) is 0 Å². The fraction of sp³-hybridized carbons (Fsp3) is 0.286. The molecule has 1 fully saturated rings. The second kappa shape index (κ2) is 7.34. The maximum atomic E-state index is 12.8. The fourth-order valence-electron chi connectivity index (χ4n) is 3.54. The van der Waals surface area contributed by atoms with Gasteiger partial charge in [-0.05, 0) is 38.1 Å². The SMILES string of the molecule is Cc1cc(C)cc(C(=O)N2CCN(C(=O)c3cc(-c4ccco4)[nH]n3)CC2)c1. The summed E-state index contributed by atoms with van der Waals surface area (Å²) in [5.41, 5.74) is 3.86. The highest BCUT2D eigenvalue weighted by atomic mass is 16.3. The number of furan rings is 1. The third-order valence-corrected chi connectivity index (χ3v) is 4.91. The van der Waals surface area contributed by atoms with Crippen molar-refractivity contribution >= 4 is 11.8 Å². The second-order valence-electron chi connectivity index (χ2n) is 7.10.